The lowest BCUT2D eigenvalue weighted by Gasteiger charge is -2.00. The first-order valence-electron chi connectivity index (χ1n) is 5.39. The van der Waals surface area contributed by atoms with E-state index < -0.39 is 0 Å². The van der Waals surface area contributed by atoms with Crippen LogP contribution in [-0.2, 0) is 13.5 Å². The predicted octanol–water partition coefficient (Wildman–Crippen LogP) is 3.27. The second-order valence-corrected chi connectivity index (χ2v) is 4.24. The highest BCUT2D eigenvalue weighted by molar-refractivity contribution is 6.17. The molecule has 1 heterocycles. The van der Waals surface area contributed by atoms with Gasteiger partial charge in [0.2, 0.25) is 0 Å². The maximum Gasteiger partial charge on any atom is 0.125 e. The average molecular weight is 241 g/mol. The summed E-state index contributed by atoms with van der Waals surface area (Å²) in [5.41, 5.74) is 1.70. The Kier molecular flexibility index (Phi) is 3.44. The smallest absolute Gasteiger partial charge is 0.125 e. The maximum atomic E-state index is 13.0. The molecule has 0 aliphatic rings. The van der Waals surface area contributed by atoms with Gasteiger partial charge in [-0.15, -0.1) is 11.6 Å². The zero-order chi connectivity index (χ0) is 11.5. The van der Waals surface area contributed by atoms with Crippen LogP contribution in [0.15, 0.2) is 18.2 Å². The average Bonchev–Trinajstić information content (AvgIpc) is 2.56. The molecule has 1 aromatic heterocycles. The van der Waals surface area contributed by atoms with Crippen molar-refractivity contribution < 1.29 is 4.39 Å². The molecule has 0 radical (unpaired) electrons. The molecule has 0 fully saturated rings. The Morgan fingerprint density at radius 1 is 1.38 bits per heavy atom. The monoisotopic (exact) mass is 240 g/mol. The summed E-state index contributed by atoms with van der Waals surface area (Å²) in [5.74, 6) is 1.43. The first-order chi connectivity index (χ1) is 7.72. The first-order valence-corrected chi connectivity index (χ1v) is 5.92. The molecule has 2 aromatic rings. The van der Waals surface area contributed by atoms with Crippen LogP contribution in [0.25, 0.3) is 11.0 Å². The van der Waals surface area contributed by atoms with Gasteiger partial charge in [0.05, 0.1) is 11.0 Å². The number of benzene rings is 1. The molecule has 4 heteroatoms. The van der Waals surface area contributed by atoms with E-state index in [1.54, 1.807) is 6.07 Å². The van der Waals surface area contributed by atoms with Crippen molar-refractivity contribution in [3.8, 4) is 0 Å². The van der Waals surface area contributed by atoms with Crippen LogP contribution < -0.4 is 0 Å². The summed E-state index contributed by atoms with van der Waals surface area (Å²) in [7, 11) is 1.96. The third-order valence-corrected chi connectivity index (χ3v) is 2.99. The first kappa shape index (κ1) is 11.4. The molecular weight excluding hydrogens is 227 g/mol. The predicted molar refractivity (Wildman–Crippen MR) is 64.3 cm³/mol. The van der Waals surface area contributed by atoms with E-state index in [4.69, 9.17) is 11.6 Å². The van der Waals surface area contributed by atoms with Gasteiger partial charge < -0.3 is 4.57 Å². The van der Waals surface area contributed by atoms with Crippen LogP contribution in [0.3, 0.4) is 0 Å². The quantitative estimate of drug-likeness (QED) is 0.593. The molecular formula is C12H14ClFN2. The van der Waals surface area contributed by atoms with Crippen LogP contribution in [0.5, 0.6) is 0 Å². The van der Waals surface area contributed by atoms with Gasteiger partial charge in [0.15, 0.2) is 0 Å². The number of aryl methyl sites for hydroxylation is 2. The van der Waals surface area contributed by atoms with Crippen molar-refractivity contribution in [3.63, 3.8) is 0 Å². The Hall–Kier alpha value is -1.09. The molecule has 0 spiro atoms. The summed E-state index contributed by atoms with van der Waals surface area (Å²) in [6.07, 6.45) is 2.89. The fourth-order valence-corrected chi connectivity index (χ4v) is 2.01. The lowest BCUT2D eigenvalue weighted by Crippen LogP contribution is -1.98. The lowest BCUT2D eigenvalue weighted by atomic mass is 10.2. The lowest BCUT2D eigenvalue weighted by molar-refractivity contribution is 0.629. The zero-order valence-electron chi connectivity index (χ0n) is 9.21. The van der Waals surface area contributed by atoms with Crippen molar-refractivity contribution in [1.29, 1.82) is 0 Å². The highest BCUT2D eigenvalue weighted by Crippen LogP contribution is 2.17. The van der Waals surface area contributed by atoms with E-state index in [1.807, 2.05) is 11.6 Å². The van der Waals surface area contributed by atoms with E-state index >= 15 is 0 Å². The van der Waals surface area contributed by atoms with Gasteiger partial charge in [-0.25, -0.2) is 9.37 Å². The fourth-order valence-electron chi connectivity index (χ4n) is 1.82. The van der Waals surface area contributed by atoms with Crippen molar-refractivity contribution in [1.82, 2.24) is 9.55 Å². The van der Waals surface area contributed by atoms with E-state index in [1.165, 1.54) is 12.1 Å². The molecule has 0 bridgehead atoms. The van der Waals surface area contributed by atoms with E-state index in [9.17, 15) is 4.39 Å². The van der Waals surface area contributed by atoms with Crippen molar-refractivity contribution >= 4 is 22.6 Å². The summed E-state index contributed by atoms with van der Waals surface area (Å²) in [4.78, 5) is 4.42. The van der Waals surface area contributed by atoms with E-state index in [2.05, 4.69) is 4.98 Å². The van der Waals surface area contributed by atoms with Crippen LogP contribution >= 0.6 is 11.6 Å². The van der Waals surface area contributed by atoms with Gasteiger partial charge in [-0.05, 0) is 25.0 Å². The van der Waals surface area contributed by atoms with Crippen molar-refractivity contribution in [2.75, 3.05) is 5.88 Å². The summed E-state index contributed by atoms with van der Waals surface area (Å²) >= 11 is 5.63. The van der Waals surface area contributed by atoms with Crippen LogP contribution in [-0.4, -0.2) is 15.4 Å². The molecule has 0 saturated heterocycles. The van der Waals surface area contributed by atoms with Crippen LogP contribution in [0.4, 0.5) is 4.39 Å². The fraction of sp³-hybridized carbons (Fsp3) is 0.417. The van der Waals surface area contributed by atoms with Gasteiger partial charge in [0.1, 0.15) is 11.6 Å². The Morgan fingerprint density at radius 2 is 2.19 bits per heavy atom. The zero-order valence-corrected chi connectivity index (χ0v) is 9.97. The minimum Gasteiger partial charge on any atom is -0.331 e. The van der Waals surface area contributed by atoms with Gasteiger partial charge in [-0.3, -0.25) is 0 Å². The van der Waals surface area contributed by atoms with E-state index in [0.29, 0.717) is 5.88 Å². The molecule has 2 rings (SSSR count). The van der Waals surface area contributed by atoms with Crippen molar-refractivity contribution in [2.45, 2.75) is 19.3 Å². The Balaban J connectivity index is 2.29. The Morgan fingerprint density at radius 3 is 2.94 bits per heavy atom. The van der Waals surface area contributed by atoms with E-state index in [0.717, 1.165) is 36.1 Å². The van der Waals surface area contributed by atoms with Gasteiger partial charge in [0, 0.05) is 25.4 Å². The Labute approximate surface area is 99.0 Å². The standard InChI is InChI=1S/C12H14ClFN2/c1-16-11-6-5-9(14)8-10(11)15-12(16)4-2-3-7-13/h5-6,8H,2-4,7H2,1H3. The minimum absolute atomic E-state index is 0.238. The molecule has 2 nitrogen and oxygen atoms in total. The largest absolute Gasteiger partial charge is 0.331 e. The molecule has 0 atom stereocenters. The Bertz CT molecular complexity index is 493. The number of hydrogen-bond acceptors (Lipinski definition) is 1. The SMILES string of the molecule is Cn1c(CCCCCl)nc2cc(F)ccc21. The van der Waals surface area contributed by atoms with Crippen LogP contribution in [0, 0.1) is 5.82 Å². The van der Waals surface area contributed by atoms with Crippen LogP contribution in [0.1, 0.15) is 18.7 Å². The number of nitrogens with zero attached hydrogens (tertiary/aromatic N) is 2. The summed E-state index contributed by atoms with van der Waals surface area (Å²) in [6, 6.07) is 4.70. The number of fused-ring (bicyclic) bond motifs is 1. The van der Waals surface area contributed by atoms with Crippen molar-refractivity contribution in [2.24, 2.45) is 7.05 Å². The molecule has 0 amide bonds. The molecule has 0 saturated carbocycles. The molecule has 0 N–H and O–H groups in total. The summed E-state index contributed by atoms with van der Waals surface area (Å²) in [6.45, 7) is 0. The number of rotatable bonds is 4. The number of unbranched alkanes of at least 4 members (excludes halogenated alkanes) is 1. The van der Waals surface area contributed by atoms with Crippen molar-refractivity contribution in [3.05, 3.63) is 29.8 Å². The minimum atomic E-state index is -0.238. The van der Waals surface area contributed by atoms with E-state index in [-0.39, 0.29) is 5.82 Å². The third kappa shape index (κ3) is 2.19. The summed E-state index contributed by atoms with van der Waals surface area (Å²) in [5, 5.41) is 0. The highest BCUT2D eigenvalue weighted by atomic mass is 35.5. The third-order valence-electron chi connectivity index (χ3n) is 2.72. The molecule has 0 aliphatic heterocycles. The molecule has 1 aromatic carbocycles. The number of hydrogen-bond donors (Lipinski definition) is 0. The van der Waals surface area contributed by atoms with Gasteiger partial charge in [-0.2, -0.15) is 0 Å². The van der Waals surface area contributed by atoms with Gasteiger partial charge >= 0.3 is 0 Å². The number of aromatic nitrogens is 2. The summed E-state index contributed by atoms with van der Waals surface area (Å²) < 4.78 is 15.0. The normalized spacial score (nSPS) is 11.2. The number of imidazole rings is 1. The second kappa shape index (κ2) is 4.83. The molecule has 0 unspecified atom stereocenters. The number of alkyl halides is 1. The molecule has 0 aliphatic carbocycles. The topological polar surface area (TPSA) is 17.8 Å². The van der Waals surface area contributed by atoms with Gasteiger partial charge in [0.25, 0.3) is 0 Å². The van der Waals surface area contributed by atoms with Gasteiger partial charge in [-0.1, -0.05) is 0 Å². The van der Waals surface area contributed by atoms with Crippen LogP contribution in [0.2, 0.25) is 0 Å². The highest BCUT2D eigenvalue weighted by Gasteiger charge is 2.07. The molecule has 16 heavy (non-hydrogen) atoms. The molecule has 86 valence electrons. The second-order valence-electron chi connectivity index (χ2n) is 3.87. The maximum absolute atomic E-state index is 13.0. The number of halogens is 2.